The molecule has 2 aromatic rings. The number of rotatable bonds is 13. The summed E-state index contributed by atoms with van der Waals surface area (Å²) in [7, 11) is 0. The second-order valence-electron chi connectivity index (χ2n) is 10.2. The molecule has 39 heavy (non-hydrogen) atoms. The molecule has 0 unspecified atom stereocenters. The lowest BCUT2D eigenvalue weighted by Crippen LogP contribution is -2.49. The fourth-order valence-electron chi connectivity index (χ4n) is 4.46. The second kappa shape index (κ2) is 13.7. The molecule has 3 N–H and O–H groups in total. The number of benzene rings is 2. The minimum absolute atomic E-state index is 0.129. The largest absolute Gasteiger partial charge is 0.494 e. The Balaban J connectivity index is 1.72. The third-order valence-electron chi connectivity index (χ3n) is 6.82. The van der Waals surface area contributed by atoms with Crippen LogP contribution in [-0.2, 0) is 19.2 Å². The van der Waals surface area contributed by atoms with Crippen molar-refractivity contribution in [3.8, 4) is 5.75 Å². The van der Waals surface area contributed by atoms with Crippen molar-refractivity contribution >= 4 is 29.4 Å². The van der Waals surface area contributed by atoms with Crippen LogP contribution in [0.3, 0.4) is 0 Å². The van der Waals surface area contributed by atoms with Crippen molar-refractivity contribution in [2.24, 2.45) is 17.8 Å². The summed E-state index contributed by atoms with van der Waals surface area (Å²) in [5.41, 5.74) is 1.14. The van der Waals surface area contributed by atoms with Crippen LogP contribution in [0.15, 0.2) is 54.6 Å². The van der Waals surface area contributed by atoms with Crippen LogP contribution in [-0.4, -0.2) is 42.1 Å². The van der Waals surface area contributed by atoms with Gasteiger partial charge in [0.1, 0.15) is 11.7 Å². The van der Waals surface area contributed by atoms with Crippen LogP contribution in [0.2, 0.25) is 0 Å². The van der Waals surface area contributed by atoms with Crippen molar-refractivity contribution in [2.75, 3.05) is 6.61 Å². The van der Waals surface area contributed by atoms with Crippen LogP contribution in [0.25, 0.3) is 0 Å². The quantitative estimate of drug-likeness (QED) is 0.205. The van der Waals surface area contributed by atoms with Crippen LogP contribution >= 0.6 is 0 Å². The van der Waals surface area contributed by atoms with Gasteiger partial charge in [-0.05, 0) is 42.2 Å². The molecule has 4 atom stereocenters. The number of unbranched alkanes of at least 4 members (excludes halogenated alkanes) is 1. The molecule has 2 aromatic carbocycles. The van der Waals surface area contributed by atoms with Gasteiger partial charge in [0.25, 0.3) is 5.91 Å². The van der Waals surface area contributed by atoms with Crippen molar-refractivity contribution in [2.45, 2.75) is 59.0 Å². The summed E-state index contributed by atoms with van der Waals surface area (Å²) in [6.07, 6.45) is 1.84. The van der Waals surface area contributed by atoms with Gasteiger partial charge in [-0.1, -0.05) is 64.4 Å². The molecule has 1 saturated heterocycles. The van der Waals surface area contributed by atoms with Crippen molar-refractivity contribution in [1.82, 2.24) is 16.0 Å². The number of ether oxygens (including phenoxy) is 1. The number of carbonyl (C=O) groups is 5. The summed E-state index contributed by atoms with van der Waals surface area (Å²) >= 11 is 0. The standard InChI is InChI=1S/C30H37N3O6/c1-5-6-16-39-22-14-12-21(13-15-22)29(37)31-23(20-10-8-7-9-11-20)17-24(34)32-26(18(2)3)27(35)25-19(4)28(36)33-30(25)38/h7-15,18-19,23,25-26H,5-6,16-17H2,1-4H3,(H,31,37)(H,32,34)(H,33,36,38)/t19-,23-,25+,26-/m0/s1. The summed E-state index contributed by atoms with van der Waals surface area (Å²) < 4.78 is 5.66. The first-order valence-electron chi connectivity index (χ1n) is 13.4. The van der Waals surface area contributed by atoms with E-state index < -0.39 is 47.4 Å². The molecule has 9 heteroatoms. The molecule has 1 aliphatic rings. The van der Waals surface area contributed by atoms with Gasteiger partial charge in [0.15, 0.2) is 5.78 Å². The molecule has 4 amide bonds. The molecular weight excluding hydrogens is 498 g/mol. The zero-order chi connectivity index (χ0) is 28.5. The number of amides is 4. The lowest BCUT2D eigenvalue weighted by molar-refractivity contribution is -0.137. The van der Waals surface area contributed by atoms with Gasteiger partial charge >= 0.3 is 0 Å². The zero-order valence-electron chi connectivity index (χ0n) is 22.9. The highest BCUT2D eigenvalue weighted by atomic mass is 16.5. The van der Waals surface area contributed by atoms with E-state index >= 15 is 0 Å². The molecule has 0 spiro atoms. The van der Waals surface area contributed by atoms with E-state index in [0.29, 0.717) is 17.9 Å². The summed E-state index contributed by atoms with van der Waals surface area (Å²) in [4.78, 5) is 63.6. The highest BCUT2D eigenvalue weighted by Crippen LogP contribution is 2.24. The van der Waals surface area contributed by atoms with E-state index in [1.807, 2.05) is 30.3 Å². The van der Waals surface area contributed by atoms with Crippen LogP contribution in [0.1, 0.15) is 68.9 Å². The van der Waals surface area contributed by atoms with Crippen LogP contribution in [0.5, 0.6) is 5.75 Å². The number of hydrogen-bond donors (Lipinski definition) is 3. The average molecular weight is 536 g/mol. The molecule has 208 valence electrons. The van der Waals surface area contributed by atoms with E-state index in [1.165, 1.54) is 6.92 Å². The second-order valence-corrected chi connectivity index (χ2v) is 10.2. The van der Waals surface area contributed by atoms with Gasteiger partial charge in [0.05, 0.1) is 31.0 Å². The molecule has 1 aliphatic heterocycles. The Hall–Kier alpha value is -4.01. The van der Waals surface area contributed by atoms with Crippen molar-refractivity contribution in [3.63, 3.8) is 0 Å². The van der Waals surface area contributed by atoms with Gasteiger partial charge in [-0.3, -0.25) is 29.3 Å². The van der Waals surface area contributed by atoms with E-state index in [4.69, 9.17) is 4.74 Å². The smallest absolute Gasteiger partial charge is 0.251 e. The number of ketones is 1. The van der Waals surface area contributed by atoms with E-state index in [1.54, 1.807) is 38.1 Å². The topological polar surface area (TPSA) is 131 Å². The molecule has 3 rings (SSSR count). The summed E-state index contributed by atoms with van der Waals surface area (Å²) in [6.45, 7) is 7.72. The predicted molar refractivity (Wildman–Crippen MR) is 146 cm³/mol. The van der Waals surface area contributed by atoms with Gasteiger partial charge < -0.3 is 15.4 Å². The number of nitrogens with one attached hydrogen (secondary N) is 3. The number of hydrogen-bond acceptors (Lipinski definition) is 6. The lowest BCUT2D eigenvalue weighted by Gasteiger charge is -2.26. The Morgan fingerprint density at radius 2 is 1.62 bits per heavy atom. The average Bonchev–Trinajstić information content (AvgIpc) is 3.17. The van der Waals surface area contributed by atoms with Gasteiger partial charge in [-0.25, -0.2) is 0 Å². The van der Waals surface area contributed by atoms with E-state index in [-0.39, 0.29) is 18.2 Å². The van der Waals surface area contributed by atoms with Crippen molar-refractivity contribution in [3.05, 3.63) is 65.7 Å². The molecular formula is C30H37N3O6. The Bertz CT molecular complexity index is 1180. The van der Waals surface area contributed by atoms with Crippen molar-refractivity contribution in [1.29, 1.82) is 0 Å². The monoisotopic (exact) mass is 535 g/mol. The zero-order valence-corrected chi connectivity index (χ0v) is 22.9. The summed E-state index contributed by atoms with van der Waals surface area (Å²) in [6, 6.07) is 14.3. The first kappa shape index (κ1) is 29.5. The summed E-state index contributed by atoms with van der Waals surface area (Å²) in [5.74, 6) is -4.07. The molecule has 0 saturated carbocycles. The summed E-state index contributed by atoms with van der Waals surface area (Å²) in [5, 5.41) is 7.86. The molecule has 0 radical (unpaired) electrons. The van der Waals surface area contributed by atoms with Crippen LogP contribution in [0.4, 0.5) is 0 Å². The minimum atomic E-state index is -1.15. The third kappa shape index (κ3) is 7.75. The predicted octanol–water partition coefficient (Wildman–Crippen LogP) is 3.35. The Morgan fingerprint density at radius 1 is 0.949 bits per heavy atom. The molecule has 9 nitrogen and oxygen atoms in total. The van der Waals surface area contributed by atoms with Crippen LogP contribution < -0.4 is 20.7 Å². The third-order valence-corrected chi connectivity index (χ3v) is 6.82. The number of carbonyl (C=O) groups excluding carboxylic acids is 5. The Morgan fingerprint density at radius 3 is 2.18 bits per heavy atom. The van der Waals surface area contributed by atoms with Gasteiger partial charge in [0, 0.05) is 5.56 Å². The highest BCUT2D eigenvalue weighted by Gasteiger charge is 2.46. The minimum Gasteiger partial charge on any atom is -0.494 e. The number of Topliss-reactive ketones (excluding diaryl/α,β-unsaturated/α-hetero) is 1. The Kier molecular flexibility index (Phi) is 10.4. The molecule has 1 fully saturated rings. The fourth-order valence-corrected chi connectivity index (χ4v) is 4.46. The maximum Gasteiger partial charge on any atom is 0.251 e. The SMILES string of the molecule is CCCCOc1ccc(C(=O)N[C@@H](CC(=O)N[C@H](C(=O)[C@@H]2C(=O)NC(=O)[C@H]2C)C(C)C)c2ccccc2)cc1. The maximum absolute atomic E-state index is 13.2. The first-order chi connectivity index (χ1) is 18.6. The molecule has 0 aliphatic carbocycles. The van der Waals surface area contributed by atoms with Gasteiger partial charge in [-0.2, -0.15) is 0 Å². The van der Waals surface area contributed by atoms with Crippen LogP contribution in [0, 0.1) is 17.8 Å². The first-order valence-corrected chi connectivity index (χ1v) is 13.4. The lowest BCUT2D eigenvalue weighted by atomic mass is 9.85. The van der Waals surface area contributed by atoms with E-state index in [0.717, 1.165) is 18.4 Å². The fraction of sp³-hybridized carbons (Fsp3) is 0.433. The molecule has 0 aromatic heterocycles. The normalized spacial score (nSPS) is 18.3. The van der Waals surface area contributed by atoms with Gasteiger partial charge in [-0.15, -0.1) is 0 Å². The van der Waals surface area contributed by atoms with E-state index in [9.17, 15) is 24.0 Å². The van der Waals surface area contributed by atoms with Gasteiger partial charge in [0.2, 0.25) is 17.7 Å². The number of imide groups is 1. The van der Waals surface area contributed by atoms with Crippen molar-refractivity contribution < 1.29 is 28.7 Å². The maximum atomic E-state index is 13.2. The Labute approximate surface area is 229 Å². The highest BCUT2D eigenvalue weighted by molar-refractivity contribution is 6.16. The van der Waals surface area contributed by atoms with E-state index in [2.05, 4.69) is 22.9 Å². The molecule has 1 heterocycles. The molecule has 0 bridgehead atoms.